The Morgan fingerprint density at radius 1 is 1.05 bits per heavy atom. The van der Waals surface area contributed by atoms with Gasteiger partial charge in [0.2, 0.25) is 5.60 Å². The van der Waals surface area contributed by atoms with Gasteiger partial charge in [0.05, 0.1) is 5.56 Å². The molecule has 1 rings (SSSR count). The van der Waals surface area contributed by atoms with Gasteiger partial charge in [-0.1, -0.05) is 31.5 Å². The number of hydrogen-bond acceptors (Lipinski definition) is 4. The van der Waals surface area contributed by atoms with E-state index in [-0.39, 0.29) is 6.42 Å². The molecule has 0 saturated carbocycles. The summed E-state index contributed by atoms with van der Waals surface area (Å²) in [4.78, 5) is 35.9. The molecule has 0 fully saturated rings. The monoisotopic (exact) mass is 276 g/mol. The van der Waals surface area contributed by atoms with Crippen molar-refractivity contribution in [1.82, 2.24) is 0 Å². The lowest BCUT2D eigenvalue weighted by Gasteiger charge is -2.28. The molecule has 1 aromatic rings. The standard InChI is InChI=1S/C16H20O4/c1-4-5-11-16(12(2)17,13(3)18)20-15(19)14-9-7-6-8-10-14/h6-10H,4-5,11H2,1-3H3. The van der Waals surface area contributed by atoms with Gasteiger partial charge < -0.3 is 4.74 Å². The second-order valence-electron chi connectivity index (χ2n) is 4.80. The summed E-state index contributed by atoms with van der Waals surface area (Å²) in [7, 11) is 0. The molecule has 0 saturated heterocycles. The van der Waals surface area contributed by atoms with Crippen molar-refractivity contribution in [3.05, 3.63) is 35.9 Å². The second kappa shape index (κ2) is 6.98. The fourth-order valence-electron chi connectivity index (χ4n) is 2.01. The zero-order chi connectivity index (χ0) is 15.2. The number of benzene rings is 1. The smallest absolute Gasteiger partial charge is 0.339 e. The van der Waals surface area contributed by atoms with Crippen LogP contribution in [0, 0.1) is 0 Å². The molecule has 0 spiro atoms. The van der Waals surface area contributed by atoms with E-state index in [0.717, 1.165) is 6.42 Å². The quantitative estimate of drug-likeness (QED) is 0.567. The first-order chi connectivity index (χ1) is 9.44. The summed E-state index contributed by atoms with van der Waals surface area (Å²) in [5, 5.41) is 0. The van der Waals surface area contributed by atoms with Gasteiger partial charge in [0.15, 0.2) is 11.6 Å². The Balaban J connectivity index is 3.03. The Morgan fingerprint density at radius 2 is 1.60 bits per heavy atom. The fourth-order valence-corrected chi connectivity index (χ4v) is 2.01. The molecule has 0 N–H and O–H groups in total. The van der Waals surface area contributed by atoms with Crippen LogP contribution >= 0.6 is 0 Å². The van der Waals surface area contributed by atoms with Crippen molar-refractivity contribution in [2.45, 2.75) is 45.6 Å². The Kier molecular flexibility index (Phi) is 5.62. The molecule has 0 aliphatic carbocycles. The molecule has 0 aliphatic rings. The topological polar surface area (TPSA) is 60.4 Å². The van der Waals surface area contributed by atoms with Gasteiger partial charge in [0.25, 0.3) is 0 Å². The van der Waals surface area contributed by atoms with E-state index in [4.69, 9.17) is 4.74 Å². The fraction of sp³-hybridized carbons (Fsp3) is 0.438. The lowest BCUT2D eigenvalue weighted by molar-refractivity contribution is -0.150. The number of Topliss-reactive ketones (excluding diaryl/α,β-unsaturated/α-hetero) is 2. The zero-order valence-electron chi connectivity index (χ0n) is 12.1. The van der Waals surface area contributed by atoms with Crippen LogP contribution in [-0.4, -0.2) is 23.1 Å². The molecular formula is C16H20O4. The van der Waals surface area contributed by atoms with Gasteiger partial charge in [0, 0.05) is 6.42 Å². The van der Waals surface area contributed by atoms with Crippen molar-refractivity contribution in [2.24, 2.45) is 0 Å². The largest absolute Gasteiger partial charge is 0.439 e. The minimum atomic E-state index is -1.65. The van der Waals surface area contributed by atoms with Gasteiger partial charge in [-0.15, -0.1) is 0 Å². The summed E-state index contributed by atoms with van der Waals surface area (Å²) >= 11 is 0. The van der Waals surface area contributed by atoms with Crippen molar-refractivity contribution in [2.75, 3.05) is 0 Å². The number of carbonyl (C=O) groups is 3. The third-order valence-corrected chi connectivity index (χ3v) is 3.30. The third kappa shape index (κ3) is 3.53. The predicted octanol–water partition coefficient (Wildman–Crippen LogP) is 2.95. The minimum Gasteiger partial charge on any atom is -0.439 e. The first kappa shape index (κ1) is 16.1. The van der Waals surface area contributed by atoms with Gasteiger partial charge in [-0.2, -0.15) is 0 Å². The Bertz CT molecular complexity index is 476. The predicted molar refractivity (Wildman–Crippen MR) is 75.5 cm³/mol. The van der Waals surface area contributed by atoms with Crippen LogP contribution < -0.4 is 0 Å². The highest BCUT2D eigenvalue weighted by Gasteiger charge is 2.44. The third-order valence-electron chi connectivity index (χ3n) is 3.30. The number of hydrogen-bond donors (Lipinski definition) is 0. The number of carbonyl (C=O) groups excluding carboxylic acids is 3. The minimum absolute atomic E-state index is 0.229. The van der Waals surface area contributed by atoms with Gasteiger partial charge in [-0.3, -0.25) is 9.59 Å². The molecule has 0 unspecified atom stereocenters. The summed E-state index contributed by atoms with van der Waals surface area (Å²) in [6.45, 7) is 4.52. The van der Waals surface area contributed by atoms with E-state index in [1.807, 2.05) is 6.92 Å². The van der Waals surface area contributed by atoms with Crippen LogP contribution in [0.5, 0.6) is 0 Å². The first-order valence-corrected chi connectivity index (χ1v) is 6.74. The number of esters is 1. The van der Waals surface area contributed by atoms with Gasteiger partial charge in [0.1, 0.15) is 0 Å². The van der Waals surface area contributed by atoms with Crippen molar-refractivity contribution >= 4 is 17.5 Å². The lowest BCUT2D eigenvalue weighted by atomic mass is 9.88. The number of rotatable bonds is 7. The van der Waals surface area contributed by atoms with Crippen LogP contribution in [0.2, 0.25) is 0 Å². The lowest BCUT2D eigenvalue weighted by Crippen LogP contribution is -2.48. The molecule has 4 nitrogen and oxygen atoms in total. The van der Waals surface area contributed by atoms with E-state index in [9.17, 15) is 14.4 Å². The van der Waals surface area contributed by atoms with Gasteiger partial charge in [-0.25, -0.2) is 4.79 Å². The van der Waals surface area contributed by atoms with E-state index in [1.165, 1.54) is 13.8 Å². The highest BCUT2D eigenvalue weighted by Crippen LogP contribution is 2.24. The van der Waals surface area contributed by atoms with Crippen LogP contribution in [0.1, 0.15) is 50.4 Å². The average Bonchev–Trinajstić information content (AvgIpc) is 2.43. The molecule has 0 aliphatic heterocycles. The van der Waals surface area contributed by atoms with E-state index in [2.05, 4.69) is 0 Å². The molecule has 1 aromatic carbocycles. The van der Waals surface area contributed by atoms with Crippen molar-refractivity contribution in [3.8, 4) is 0 Å². The Labute approximate surface area is 119 Å². The van der Waals surface area contributed by atoms with Crippen LogP contribution in [0.15, 0.2) is 30.3 Å². The van der Waals surface area contributed by atoms with Gasteiger partial charge in [-0.05, 0) is 32.4 Å². The summed E-state index contributed by atoms with van der Waals surface area (Å²) < 4.78 is 5.31. The molecule has 4 heteroatoms. The Hall–Kier alpha value is -1.97. The van der Waals surface area contributed by atoms with Crippen molar-refractivity contribution in [1.29, 1.82) is 0 Å². The van der Waals surface area contributed by atoms with Crippen molar-refractivity contribution in [3.63, 3.8) is 0 Å². The highest BCUT2D eigenvalue weighted by molar-refractivity contribution is 6.10. The highest BCUT2D eigenvalue weighted by atomic mass is 16.6. The maximum absolute atomic E-state index is 12.1. The van der Waals surface area contributed by atoms with E-state index in [0.29, 0.717) is 12.0 Å². The summed E-state index contributed by atoms with van der Waals surface area (Å²) in [5.74, 6) is -1.50. The first-order valence-electron chi connectivity index (χ1n) is 6.74. The molecule has 0 amide bonds. The Morgan fingerprint density at radius 3 is 2.05 bits per heavy atom. The molecule has 0 radical (unpaired) electrons. The average molecular weight is 276 g/mol. The van der Waals surface area contributed by atoms with E-state index < -0.39 is 23.1 Å². The van der Waals surface area contributed by atoms with Crippen molar-refractivity contribution < 1.29 is 19.1 Å². The van der Waals surface area contributed by atoms with E-state index in [1.54, 1.807) is 30.3 Å². The summed E-state index contributed by atoms with van der Waals surface area (Å²) in [6, 6.07) is 8.36. The molecule has 0 bridgehead atoms. The zero-order valence-corrected chi connectivity index (χ0v) is 12.1. The van der Waals surface area contributed by atoms with E-state index >= 15 is 0 Å². The van der Waals surface area contributed by atoms with Crippen LogP contribution in [0.3, 0.4) is 0 Å². The van der Waals surface area contributed by atoms with Crippen LogP contribution in [-0.2, 0) is 14.3 Å². The maximum atomic E-state index is 12.1. The maximum Gasteiger partial charge on any atom is 0.339 e. The normalized spacial score (nSPS) is 10.9. The summed E-state index contributed by atoms with van der Waals surface area (Å²) in [6.07, 6.45) is 1.68. The molecule has 20 heavy (non-hydrogen) atoms. The molecule has 0 heterocycles. The molecular weight excluding hydrogens is 256 g/mol. The molecule has 108 valence electrons. The molecule has 0 aromatic heterocycles. The second-order valence-corrected chi connectivity index (χ2v) is 4.80. The van der Waals surface area contributed by atoms with Crippen LogP contribution in [0.4, 0.5) is 0 Å². The number of unbranched alkanes of at least 4 members (excludes halogenated alkanes) is 1. The number of ether oxygens (including phenoxy) is 1. The summed E-state index contributed by atoms with van der Waals surface area (Å²) in [5.41, 5.74) is -1.32. The molecule has 0 atom stereocenters. The SMILES string of the molecule is CCCCC(OC(=O)c1ccccc1)(C(C)=O)C(C)=O. The number of ketones is 2. The van der Waals surface area contributed by atoms with Crippen LogP contribution in [0.25, 0.3) is 0 Å². The van der Waals surface area contributed by atoms with Gasteiger partial charge >= 0.3 is 5.97 Å².